The van der Waals surface area contributed by atoms with Gasteiger partial charge < -0.3 is 19.4 Å². The molecule has 0 bridgehead atoms. The van der Waals surface area contributed by atoms with Gasteiger partial charge in [-0.1, -0.05) is 0 Å². The molecule has 3 heterocycles. The molecule has 4 aromatic rings. The number of nitrogens with zero attached hydrogens (tertiary/aromatic N) is 3. The van der Waals surface area contributed by atoms with E-state index in [4.69, 9.17) is 9.47 Å². The maximum Gasteiger partial charge on any atom is 0.258 e. The molecular formula is C18H17N5O3. The van der Waals surface area contributed by atoms with Crippen molar-refractivity contribution in [1.29, 1.82) is 0 Å². The van der Waals surface area contributed by atoms with E-state index in [0.29, 0.717) is 40.3 Å². The summed E-state index contributed by atoms with van der Waals surface area (Å²) >= 11 is 0. The molecule has 8 heteroatoms. The van der Waals surface area contributed by atoms with E-state index in [-0.39, 0.29) is 5.56 Å². The van der Waals surface area contributed by atoms with Crippen LogP contribution in [0.1, 0.15) is 17.2 Å². The Kier molecular flexibility index (Phi) is 3.80. The summed E-state index contributed by atoms with van der Waals surface area (Å²) < 4.78 is 10.5. The number of benzene rings is 1. The zero-order chi connectivity index (χ0) is 18.3. The van der Waals surface area contributed by atoms with Gasteiger partial charge in [0.15, 0.2) is 17.1 Å². The number of hydrogen-bond donors (Lipinski definition) is 2. The number of fused-ring (bicyclic) bond motifs is 2. The average Bonchev–Trinajstić information content (AvgIpc) is 3.00. The first-order chi connectivity index (χ1) is 12.6. The van der Waals surface area contributed by atoms with Crippen LogP contribution in [0.3, 0.4) is 0 Å². The molecule has 0 unspecified atom stereocenters. The molecule has 132 valence electrons. The molecule has 0 atom stereocenters. The normalized spacial score (nSPS) is 11.2. The highest BCUT2D eigenvalue weighted by Crippen LogP contribution is 2.30. The van der Waals surface area contributed by atoms with Crippen LogP contribution in [0.2, 0.25) is 0 Å². The number of H-pyrrole nitrogens is 2. The summed E-state index contributed by atoms with van der Waals surface area (Å²) in [6.45, 7) is 1.88. The summed E-state index contributed by atoms with van der Waals surface area (Å²) in [7, 11) is 3.07. The second kappa shape index (κ2) is 6.14. The van der Waals surface area contributed by atoms with Gasteiger partial charge in [0, 0.05) is 18.7 Å². The van der Waals surface area contributed by atoms with E-state index in [1.165, 1.54) is 7.11 Å². The van der Waals surface area contributed by atoms with Gasteiger partial charge in [-0.15, -0.1) is 0 Å². The molecule has 0 fully saturated rings. The lowest BCUT2D eigenvalue weighted by molar-refractivity contribution is 0.355. The van der Waals surface area contributed by atoms with Crippen molar-refractivity contribution < 1.29 is 9.47 Å². The molecule has 3 aromatic heterocycles. The summed E-state index contributed by atoms with van der Waals surface area (Å²) in [4.78, 5) is 31.6. The Hall–Kier alpha value is -3.42. The summed E-state index contributed by atoms with van der Waals surface area (Å²) in [5.74, 6) is 2.37. The van der Waals surface area contributed by atoms with Crippen LogP contribution in [-0.2, 0) is 6.42 Å². The molecule has 2 N–H and O–H groups in total. The van der Waals surface area contributed by atoms with Gasteiger partial charge in [-0.3, -0.25) is 4.79 Å². The maximum atomic E-state index is 12.4. The molecule has 0 aliphatic heterocycles. The quantitative estimate of drug-likeness (QED) is 0.583. The molecule has 0 aliphatic rings. The van der Waals surface area contributed by atoms with E-state index in [9.17, 15) is 4.79 Å². The van der Waals surface area contributed by atoms with E-state index in [0.717, 1.165) is 16.9 Å². The van der Waals surface area contributed by atoms with Crippen LogP contribution in [0, 0.1) is 6.92 Å². The Labute approximate surface area is 148 Å². The topological polar surface area (TPSA) is 106 Å². The number of imidazole rings is 1. The smallest absolute Gasteiger partial charge is 0.258 e. The first-order valence-electron chi connectivity index (χ1n) is 8.03. The molecule has 4 rings (SSSR count). The lowest BCUT2D eigenvalue weighted by atomic mass is 10.1. The van der Waals surface area contributed by atoms with Crippen LogP contribution in [0.25, 0.3) is 22.1 Å². The van der Waals surface area contributed by atoms with Gasteiger partial charge in [0.2, 0.25) is 0 Å². The summed E-state index contributed by atoms with van der Waals surface area (Å²) in [6, 6.07) is 5.29. The Bertz CT molecular complexity index is 1180. The van der Waals surface area contributed by atoms with E-state index in [1.807, 2.05) is 13.0 Å². The lowest BCUT2D eigenvalue weighted by Crippen LogP contribution is -2.12. The zero-order valence-corrected chi connectivity index (χ0v) is 14.6. The monoisotopic (exact) mass is 351 g/mol. The van der Waals surface area contributed by atoms with Gasteiger partial charge >= 0.3 is 0 Å². The number of methoxy groups -OCH3 is 2. The first kappa shape index (κ1) is 16.1. The second-order valence-electron chi connectivity index (χ2n) is 5.95. The van der Waals surface area contributed by atoms with Gasteiger partial charge in [0.05, 0.1) is 30.6 Å². The van der Waals surface area contributed by atoms with Crippen LogP contribution in [0.15, 0.2) is 29.2 Å². The fourth-order valence-corrected chi connectivity index (χ4v) is 2.95. The molecular weight excluding hydrogens is 334 g/mol. The summed E-state index contributed by atoms with van der Waals surface area (Å²) in [5.41, 5.74) is 2.77. The minimum absolute atomic E-state index is 0.225. The minimum atomic E-state index is -0.225. The van der Waals surface area contributed by atoms with Gasteiger partial charge in [0.1, 0.15) is 11.6 Å². The fourth-order valence-electron chi connectivity index (χ4n) is 2.95. The van der Waals surface area contributed by atoms with Gasteiger partial charge in [-0.05, 0) is 24.6 Å². The molecule has 0 saturated carbocycles. The van der Waals surface area contributed by atoms with Crippen molar-refractivity contribution in [2.24, 2.45) is 0 Å². The number of aromatic nitrogens is 5. The lowest BCUT2D eigenvalue weighted by Gasteiger charge is -2.09. The van der Waals surface area contributed by atoms with Crippen molar-refractivity contribution in [2.45, 2.75) is 13.3 Å². The van der Waals surface area contributed by atoms with Gasteiger partial charge in [-0.25, -0.2) is 15.0 Å². The van der Waals surface area contributed by atoms with E-state index < -0.39 is 0 Å². The highest BCUT2D eigenvalue weighted by Gasteiger charge is 2.12. The number of ether oxygens (including phenoxy) is 2. The van der Waals surface area contributed by atoms with Crippen LogP contribution < -0.4 is 15.0 Å². The minimum Gasteiger partial charge on any atom is -0.493 e. The number of aryl methyl sites for hydroxylation is 1. The summed E-state index contributed by atoms with van der Waals surface area (Å²) in [6.07, 6.45) is 2.18. The van der Waals surface area contributed by atoms with Crippen molar-refractivity contribution in [3.8, 4) is 11.5 Å². The van der Waals surface area contributed by atoms with Crippen LogP contribution in [0.4, 0.5) is 0 Å². The van der Waals surface area contributed by atoms with Crippen LogP contribution >= 0.6 is 0 Å². The third kappa shape index (κ3) is 2.75. The Morgan fingerprint density at radius 1 is 1.04 bits per heavy atom. The predicted molar refractivity (Wildman–Crippen MR) is 96.9 cm³/mol. The van der Waals surface area contributed by atoms with Crippen molar-refractivity contribution >= 4 is 22.1 Å². The van der Waals surface area contributed by atoms with Crippen LogP contribution in [-0.4, -0.2) is 39.1 Å². The molecule has 1 aromatic carbocycles. The highest BCUT2D eigenvalue weighted by molar-refractivity contribution is 5.81. The van der Waals surface area contributed by atoms with E-state index >= 15 is 0 Å². The molecule has 0 radical (unpaired) electrons. The van der Waals surface area contributed by atoms with Crippen molar-refractivity contribution in [2.75, 3.05) is 14.2 Å². The molecule has 8 nitrogen and oxygen atoms in total. The SMILES string of the molecule is COc1cc2nc(Cc3cnc4nc(C)[nH]c4c3)[nH]c(=O)c2cc1OC. The standard InChI is InChI=1S/C18H17N5O3/c1-9-20-13-4-10(8-19-17(13)21-9)5-16-22-12-7-15(26-3)14(25-2)6-11(12)18(24)23-16/h4,6-8H,5H2,1-3H3,(H,19,20,21)(H,22,23,24). The first-order valence-corrected chi connectivity index (χ1v) is 8.03. The third-order valence-corrected chi connectivity index (χ3v) is 4.14. The molecule has 0 spiro atoms. The number of aromatic amines is 2. The van der Waals surface area contributed by atoms with Gasteiger partial charge in [-0.2, -0.15) is 0 Å². The number of nitrogens with one attached hydrogen (secondary N) is 2. The van der Waals surface area contributed by atoms with Crippen molar-refractivity contribution in [1.82, 2.24) is 24.9 Å². The second-order valence-corrected chi connectivity index (χ2v) is 5.95. The molecule has 0 aliphatic carbocycles. The number of hydrogen-bond acceptors (Lipinski definition) is 6. The van der Waals surface area contributed by atoms with Crippen molar-refractivity contribution in [3.63, 3.8) is 0 Å². The largest absolute Gasteiger partial charge is 0.493 e. The summed E-state index contributed by atoms with van der Waals surface area (Å²) in [5, 5.41) is 0.448. The zero-order valence-electron chi connectivity index (χ0n) is 14.6. The third-order valence-electron chi connectivity index (χ3n) is 4.14. The van der Waals surface area contributed by atoms with E-state index in [1.54, 1.807) is 25.4 Å². The van der Waals surface area contributed by atoms with Gasteiger partial charge in [0.25, 0.3) is 5.56 Å². The average molecular weight is 351 g/mol. The predicted octanol–water partition coefficient (Wildman–Crippen LogP) is 2.11. The Morgan fingerprint density at radius 2 is 1.81 bits per heavy atom. The molecule has 0 amide bonds. The number of rotatable bonds is 4. The van der Waals surface area contributed by atoms with Crippen molar-refractivity contribution in [3.05, 3.63) is 52.0 Å². The maximum absolute atomic E-state index is 12.4. The molecule has 0 saturated heterocycles. The van der Waals surface area contributed by atoms with Crippen LogP contribution in [0.5, 0.6) is 11.5 Å². The Morgan fingerprint density at radius 3 is 2.58 bits per heavy atom. The highest BCUT2D eigenvalue weighted by atomic mass is 16.5. The number of pyridine rings is 1. The Balaban J connectivity index is 1.76. The fraction of sp³-hybridized carbons (Fsp3) is 0.222. The molecule has 26 heavy (non-hydrogen) atoms. The van der Waals surface area contributed by atoms with E-state index in [2.05, 4.69) is 24.9 Å².